The highest BCUT2D eigenvalue weighted by molar-refractivity contribution is 5.94. The Bertz CT molecular complexity index is 3190. The Kier molecular flexibility index (Phi) is 8.76. The Balaban J connectivity index is 1.01. The van der Waals surface area contributed by atoms with Crippen LogP contribution in [-0.2, 0) is 10.8 Å². The minimum absolute atomic E-state index is 0.0705. The van der Waals surface area contributed by atoms with Gasteiger partial charge in [-0.1, -0.05) is 203 Å². The Labute approximate surface area is 372 Å². The first-order chi connectivity index (χ1) is 31.0. The van der Waals surface area contributed by atoms with Gasteiger partial charge >= 0.3 is 0 Å². The van der Waals surface area contributed by atoms with Crippen molar-refractivity contribution in [3.05, 3.63) is 235 Å². The van der Waals surface area contributed by atoms with E-state index < -0.39 is 0 Å². The maximum Gasteiger partial charge on any atom is 0.0468 e. The minimum Gasteiger partial charge on any atom is -0.310 e. The summed E-state index contributed by atoms with van der Waals surface area (Å²) in [6.07, 6.45) is 4.93. The van der Waals surface area contributed by atoms with Crippen molar-refractivity contribution < 1.29 is 0 Å². The van der Waals surface area contributed by atoms with E-state index in [0.717, 1.165) is 11.4 Å². The van der Waals surface area contributed by atoms with E-state index in [9.17, 15) is 0 Å². The molecule has 302 valence electrons. The molecule has 3 aliphatic rings. The molecule has 1 fully saturated rings. The predicted octanol–water partition coefficient (Wildman–Crippen LogP) is 17.0. The van der Waals surface area contributed by atoms with Crippen LogP contribution in [0.3, 0.4) is 0 Å². The van der Waals surface area contributed by atoms with Crippen LogP contribution in [0.15, 0.2) is 212 Å². The second-order valence-electron chi connectivity index (χ2n) is 18.4. The second kappa shape index (κ2) is 14.7. The van der Waals surface area contributed by atoms with Crippen LogP contribution in [0, 0.1) is 0 Å². The highest BCUT2D eigenvalue weighted by Crippen LogP contribution is 2.58. The summed E-state index contributed by atoms with van der Waals surface area (Å²) in [7, 11) is 0. The molecule has 0 N–H and O–H groups in total. The molecule has 0 amide bonds. The molecule has 0 unspecified atom stereocenters. The van der Waals surface area contributed by atoms with Gasteiger partial charge < -0.3 is 4.90 Å². The fourth-order valence-corrected chi connectivity index (χ4v) is 11.8. The average Bonchev–Trinajstić information content (AvgIpc) is 4.02. The predicted molar refractivity (Wildman–Crippen MR) is 265 cm³/mol. The number of hydrogen-bond acceptors (Lipinski definition) is 1. The zero-order valence-corrected chi connectivity index (χ0v) is 36.0. The molecule has 9 aromatic carbocycles. The third-order valence-electron chi connectivity index (χ3n) is 14.6. The molecular weight excluding hydrogens is 759 g/mol. The van der Waals surface area contributed by atoms with E-state index in [2.05, 4.69) is 231 Å². The standard InChI is InChI=1S/C62H49N/c1-61(2)57-28-13-11-25-52(57)55-27-17-26-54(60(55)61)50-23-10-9-22-48(50)44-30-32-45(33-31-44)63(46-34-36-49(42-18-5-3-6-19-42)56(40-46)43-20-7-4-8-21-43)47-35-37-53-51-24-12-14-29-58(51)62(59(53)41-47)38-15-16-39-62/h3-14,17-37,40-41H,15-16,38-39H2,1-2H3. The molecule has 0 heterocycles. The lowest BCUT2D eigenvalue weighted by atomic mass is 9.76. The number of anilines is 3. The maximum atomic E-state index is 2.53. The van der Waals surface area contributed by atoms with E-state index in [1.165, 1.54) is 120 Å². The summed E-state index contributed by atoms with van der Waals surface area (Å²) in [5.74, 6) is 0. The van der Waals surface area contributed by atoms with Gasteiger partial charge in [-0.15, -0.1) is 0 Å². The highest BCUT2D eigenvalue weighted by Gasteiger charge is 2.45. The second-order valence-corrected chi connectivity index (χ2v) is 18.4. The van der Waals surface area contributed by atoms with Crippen LogP contribution in [0.1, 0.15) is 61.8 Å². The Morgan fingerprint density at radius 2 is 0.762 bits per heavy atom. The van der Waals surface area contributed by atoms with Crippen LogP contribution >= 0.6 is 0 Å². The van der Waals surface area contributed by atoms with Crippen LogP contribution in [0.25, 0.3) is 66.8 Å². The van der Waals surface area contributed by atoms with Gasteiger partial charge in [0.2, 0.25) is 0 Å². The number of fused-ring (bicyclic) bond motifs is 8. The number of hydrogen-bond donors (Lipinski definition) is 0. The third-order valence-corrected chi connectivity index (χ3v) is 14.6. The van der Waals surface area contributed by atoms with Gasteiger partial charge in [-0.3, -0.25) is 0 Å². The van der Waals surface area contributed by atoms with Gasteiger partial charge in [-0.05, 0) is 138 Å². The van der Waals surface area contributed by atoms with E-state index in [1.807, 2.05) is 0 Å². The van der Waals surface area contributed by atoms with Crippen molar-refractivity contribution in [1.82, 2.24) is 0 Å². The van der Waals surface area contributed by atoms with E-state index in [4.69, 9.17) is 0 Å². The third kappa shape index (κ3) is 5.90. The Hall–Kier alpha value is -7.22. The molecule has 12 rings (SSSR count). The first kappa shape index (κ1) is 37.5. The molecule has 3 aliphatic carbocycles. The summed E-state index contributed by atoms with van der Waals surface area (Å²) in [5, 5.41) is 0. The summed E-state index contributed by atoms with van der Waals surface area (Å²) in [6.45, 7) is 4.77. The first-order valence-electron chi connectivity index (χ1n) is 22.7. The lowest BCUT2D eigenvalue weighted by molar-refractivity contribution is 0.550. The molecule has 1 nitrogen and oxygen atoms in total. The molecular formula is C62H49N. The summed E-state index contributed by atoms with van der Waals surface area (Å²) >= 11 is 0. The van der Waals surface area contributed by atoms with Gasteiger partial charge in [-0.2, -0.15) is 0 Å². The molecule has 9 aromatic rings. The maximum absolute atomic E-state index is 2.53. The van der Waals surface area contributed by atoms with E-state index >= 15 is 0 Å². The van der Waals surface area contributed by atoms with Crippen molar-refractivity contribution in [1.29, 1.82) is 0 Å². The quantitative estimate of drug-likeness (QED) is 0.155. The fourth-order valence-electron chi connectivity index (χ4n) is 11.8. The van der Waals surface area contributed by atoms with Crippen LogP contribution in [0.5, 0.6) is 0 Å². The number of benzene rings is 9. The smallest absolute Gasteiger partial charge is 0.0468 e. The van der Waals surface area contributed by atoms with Gasteiger partial charge in [0.1, 0.15) is 0 Å². The van der Waals surface area contributed by atoms with Crippen LogP contribution in [-0.4, -0.2) is 0 Å². The molecule has 0 aromatic heterocycles. The van der Waals surface area contributed by atoms with Gasteiger partial charge in [0, 0.05) is 27.9 Å². The summed E-state index contributed by atoms with van der Waals surface area (Å²) in [6, 6.07) is 79.3. The molecule has 1 heteroatoms. The van der Waals surface area contributed by atoms with E-state index in [0.29, 0.717) is 0 Å². The fraction of sp³-hybridized carbons (Fsp3) is 0.129. The molecule has 63 heavy (non-hydrogen) atoms. The molecule has 1 spiro atoms. The molecule has 0 bridgehead atoms. The normalized spacial score (nSPS) is 14.8. The molecule has 0 aliphatic heterocycles. The SMILES string of the molecule is CC1(C)c2ccccc2-c2cccc(-c3ccccc3-c3ccc(N(c4ccc(-c5ccccc5)c(-c5ccccc5)c4)c4ccc5c(c4)C4(CCCC4)c4ccccc4-5)cc3)c21. The zero-order valence-electron chi connectivity index (χ0n) is 36.0. The first-order valence-corrected chi connectivity index (χ1v) is 22.7. The van der Waals surface area contributed by atoms with Crippen molar-refractivity contribution in [2.45, 2.75) is 50.4 Å². The average molecular weight is 808 g/mol. The van der Waals surface area contributed by atoms with Crippen molar-refractivity contribution in [2.24, 2.45) is 0 Å². The highest BCUT2D eigenvalue weighted by atomic mass is 15.1. The Morgan fingerprint density at radius 1 is 0.317 bits per heavy atom. The van der Waals surface area contributed by atoms with Crippen LogP contribution < -0.4 is 4.90 Å². The Morgan fingerprint density at radius 3 is 1.44 bits per heavy atom. The van der Waals surface area contributed by atoms with Crippen molar-refractivity contribution in [3.8, 4) is 66.8 Å². The molecule has 0 atom stereocenters. The van der Waals surface area contributed by atoms with Crippen LogP contribution in [0.2, 0.25) is 0 Å². The van der Waals surface area contributed by atoms with E-state index in [-0.39, 0.29) is 10.8 Å². The van der Waals surface area contributed by atoms with Gasteiger partial charge in [0.25, 0.3) is 0 Å². The lowest BCUT2D eigenvalue weighted by Crippen LogP contribution is -2.21. The monoisotopic (exact) mass is 807 g/mol. The summed E-state index contributed by atoms with van der Waals surface area (Å²) < 4.78 is 0. The molecule has 1 saturated carbocycles. The van der Waals surface area contributed by atoms with Crippen molar-refractivity contribution in [2.75, 3.05) is 4.90 Å². The van der Waals surface area contributed by atoms with Crippen molar-refractivity contribution >= 4 is 17.1 Å². The largest absolute Gasteiger partial charge is 0.310 e. The van der Waals surface area contributed by atoms with Gasteiger partial charge in [0.05, 0.1) is 0 Å². The van der Waals surface area contributed by atoms with Crippen LogP contribution in [0.4, 0.5) is 17.1 Å². The van der Waals surface area contributed by atoms with Gasteiger partial charge in [-0.25, -0.2) is 0 Å². The van der Waals surface area contributed by atoms with Gasteiger partial charge in [0.15, 0.2) is 0 Å². The molecule has 0 radical (unpaired) electrons. The number of nitrogens with zero attached hydrogens (tertiary/aromatic N) is 1. The zero-order chi connectivity index (χ0) is 42.1. The van der Waals surface area contributed by atoms with Crippen molar-refractivity contribution in [3.63, 3.8) is 0 Å². The number of rotatable bonds is 7. The lowest BCUT2D eigenvalue weighted by Gasteiger charge is -2.30. The molecule has 0 saturated heterocycles. The summed E-state index contributed by atoms with van der Waals surface area (Å²) in [5.41, 5.74) is 24.6. The van der Waals surface area contributed by atoms with E-state index in [1.54, 1.807) is 0 Å². The minimum atomic E-state index is -0.108. The topological polar surface area (TPSA) is 3.24 Å². The summed E-state index contributed by atoms with van der Waals surface area (Å²) in [4.78, 5) is 2.49.